The zero-order valence-corrected chi connectivity index (χ0v) is 20.4. The maximum atomic E-state index is 13.4. The van der Waals surface area contributed by atoms with Gasteiger partial charge in [-0.3, -0.25) is 4.90 Å². The molecule has 180 valence electrons. The van der Waals surface area contributed by atoms with Crippen molar-refractivity contribution in [3.8, 4) is 5.75 Å². The smallest absolute Gasteiger partial charge is 0.415 e. The number of aromatic nitrogens is 1. The standard InChI is InChI=1S/C27H24Cl2N2O4/c28-17-3-8-20(9-4-17)35-27(32)31-12-11-22-23-13-18(29)5-10-24(23)30-25(22)26(31)16-1-6-19(7-2-16)34-21-14-33-15-21/h1,3-10,13,16,21,26,30H,2,11-12,14-15H2. The van der Waals surface area contributed by atoms with Crippen LogP contribution in [0.25, 0.3) is 10.9 Å². The quantitative estimate of drug-likeness (QED) is 0.438. The third kappa shape index (κ3) is 4.42. The number of rotatable bonds is 4. The van der Waals surface area contributed by atoms with Gasteiger partial charge in [-0.05, 0) is 73.0 Å². The SMILES string of the molecule is O=C(Oc1ccc(Cl)cc1)N1CCc2c([nH]c3ccc(Cl)cc23)C1C1C=CC(OC2COC2)=CC1. The Morgan fingerprint density at radius 1 is 1.09 bits per heavy atom. The van der Waals surface area contributed by atoms with Gasteiger partial charge in [-0.2, -0.15) is 0 Å². The van der Waals surface area contributed by atoms with E-state index in [1.54, 1.807) is 24.3 Å². The van der Waals surface area contributed by atoms with E-state index in [1.807, 2.05) is 29.2 Å². The van der Waals surface area contributed by atoms with Crippen LogP contribution in [0.4, 0.5) is 4.79 Å². The molecule has 8 heteroatoms. The van der Waals surface area contributed by atoms with E-state index in [0.717, 1.165) is 28.8 Å². The molecule has 3 aromatic rings. The molecule has 2 aliphatic heterocycles. The predicted molar refractivity (Wildman–Crippen MR) is 135 cm³/mol. The summed E-state index contributed by atoms with van der Waals surface area (Å²) in [5.41, 5.74) is 3.25. The van der Waals surface area contributed by atoms with E-state index in [0.29, 0.717) is 42.0 Å². The van der Waals surface area contributed by atoms with E-state index in [4.69, 9.17) is 37.4 Å². The molecule has 3 heterocycles. The molecule has 0 saturated carbocycles. The summed E-state index contributed by atoms with van der Waals surface area (Å²) in [6.45, 7) is 1.80. The number of hydrogen-bond acceptors (Lipinski definition) is 4. The maximum absolute atomic E-state index is 13.4. The first kappa shape index (κ1) is 22.5. The lowest BCUT2D eigenvalue weighted by molar-refractivity contribution is -0.105. The lowest BCUT2D eigenvalue weighted by Gasteiger charge is -2.39. The number of halogens is 2. The van der Waals surface area contributed by atoms with Gasteiger partial charge in [-0.15, -0.1) is 0 Å². The van der Waals surface area contributed by atoms with Crippen molar-refractivity contribution < 1.29 is 19.0 Å². The zero-order valence-electron chi connectivity index (χ0n) is 18.9. The molecule has 6 rings (SSSR count). The Labute approximate surface area is 213 Å². The van der Waals surface area contributed by atoms with Crippen molar-refractivity contribution in [1.82, 2.24) is 9.88 Å². The molecule has 1 saturated heterocycles. The number of H-pyrrole nitrogens is 1. The van der Waals surface area contributed by atoms with Gasteiger partial charge in [0.05, 0.1) is 19.3 Å². The molecule has 0 radical (unpaired) electrons. The molecule has 2 unspecified atom stereocenters. The van der Waals surface area contributed by atoms with Gasteiger partial charge in [-0.1, -0.05) is 29.3 Å². The average molecular weight is 511 g/mol. The Morgan fingerprint density at radius 3 is 2.60 bits per heavy atom. The topological polar surface area (TPSA) is 63.8 Å². The third-order valence-electron chi connectivity index (χ3n) is 6.80. The van der Waals surface area contributed by atoms with Gasteiger partial charge in [0, 0.05) is 39.1 Å². The van der Waals surface area contributed by atoms with Gasteiger partial charge < -0.3 is 19.2 Å². The molecule has 2 aromatic carbocycles. The number of ether oxygens (including phenoxy) is 3. The second kappa shape index (κ2) is 9.26. The normalized spacial score (nSPS) is 21.9. The van der Waals surface area contributed by atoms with Crippen LogP contribution in [-0.4, -0.2) is 41.8 Å². The molecule has 1 amide bonds. The lowest BCUT2D eigenvalue weighted by atomic mass is 9.84. The molecule has 6 nitrogen and oxygen atoms in total. The highest BCUT2D eigenvalue weighted by Gasteiger charge is 2.39. The minimum absolute atomic E-state index is 0.0559. The Hall–Kier alpha value is -2.93. The largest absolute Gasteiger partial charge is 0.486 e. The molecule has 3 aliphatic rings. The maximum Gasteiger partial charge on any atom is 0.415 e. The van der Waals surface area contributed by atoms with Crippen LogP contribution in [0.1, 0.15) is 23.7 Å². The Balaban J connectivity index is 1.32. The molecule has 1 fully saturated rings. The highest BCUT2D eigenvalue weighted by molar-refractivity contribution is 6.31. The molecule has 1 aliphatic carbocycles. The molecule has 0 spiro atoms. The monoisotopic (exact) mass is 510 g/mol. The Kier molecular flexibility index (Phi) is 5.96. The van der Waals surface area contributed by atoms with Gasteiger partial charge in [0.25, 0.3) is 0 Å². The minimum Gasteiger partial charge on any atom is -0.486 e. The number of aromatic amines is 1. The summed E-state index contributed by atoms with van der Waals surface area (Å²) in [6, 6.07) is 12.5. The predicted octanol–water partition coefficient (Wildman–Crippen LogP) is 6.45. The van der Waals surface area contributed by atoms with Crippen molar-refractivity contribution in [2.45, 2.75) is 25.0 Å². The van der Waals surface area contributed by atoms with Crippen molar-refractivity contribution >= 4 is 40.2 Å². The van der Waals surface area contributed by atoms with Crippen LogP contribution in [0.3, 0.4) is 0 Å². The van der Waals surface area contributed by atoms with E-state index in [1.165, 1.54) is 5.56 Å². The fraction of sp³-hybridized carbons (Fsp3) is 0.296. The van der Waals surface area contributed by atoms with Gasteiger partial charge in [0.15, 0.2) is 0 Å². The second-order valence-corrected chi connectivity index (χ2v) is 9.93. The van der Waals surface area contributed by atoms with E-state index in [2.05, 4.69) is 17.1 Å². The highest BCUT2D eigenvalue weighted by Crippen LogP contribution is 2.42. The van der Waals surface area contributed by atoms with Crippen molar-refractivity contribution in [2.75, 3.05) is 19.8 Å². The first-order valence-electron chi connectivity index (χ1n) is 11.7. The van der Waals surface area contributed by atoms with Crippen LogP contribution in [0.5, 0.6) is 5.75 Å². The summed E-state index contributed by atoms with van der Waals surface area (Å²) in [5.74, 6) is 1.37. The Bertz CT molecular complexity index is 1330. The van der Waals surface area contributed by atoms with E-state index < -0.39 is 0 Å². The molecule has 0 bridgehead atoms. The van der Waals surface area contributed by atoms with Gasteiger partial charge in [0.1, 0.15) is 17.6 Å². The van der Waals surface area contributed by atoms with Gasteiger partial charge in [-0.25, -0.2) is 4.79 Å². The van der Waals surface area contributed by atoms with E-state index in [-0.39, 0.29) is 24.2 Å². The molecule has 35 heavy (non-hydrogen) atoms. The summed E-state index contributed by atoms with van der Waals surface area (Å²) in [6.07, 6.45) is 7.42. The molecular weight excluding hydrogens is 487 g/mol. The van der Waals surface area contributed by atoms with E-state index >= 15 is 0 Å². The fourth-order valence-electron chi connectivity index (χ4n) is 5.02. The molecular formula is C27H24Cl2N2O4. The summed E-state index contributed by atoms with van der Waals surface area (Å²) in [5, 5.41) is 2.39. The second-order valence-electron chi connectivity index (χ2n) is 9.06. The van der Waals surface area contributed by atoms with Crippen molar-refractivity contribution in [1.29, 1.82) is 0 Å². The van der Waals surface area contributed by atoms with E-state index in [9.17, 15) is 4.79 Å². The van der Waals surface area contributed by atoms with Crippen molar-refractivity contribution in [3.63, 3.8) is 0 Å². The molecule has 1 N–H and O–H groups in total. The third-order valence-corrected chi connectivity index (χ3v) is 7.29. The number of carbonyl (C=O) groups is 1. The van der Waals surface area contributed by atoms with Crippen molar-refractivity contribution in [3.05, 3.63) is 87.8 Å². The first-order valence-corrected chi connectivity index (χ1v) is 12.5. The number of fused-ring (bicyclic) bond motifs is 3. The van der Waals surface area contributed by atoms with Crippen LogP contribution < -0.4 is 4.74 Å². The summed E-state index contributed by atoms with van der Waals surface area (Å²) in [7, 11) is 0. The number of nitrogens with zero attached hydrogens (tertiary/aromatic N) is 1. The summed E-state index contributed by atoms with van der Waals surface area (Å²) < 4.78 is 16.9. The lowest BCUT2D eigenvalue weighted by Crippen LogP contribution is -2.44. The van der Waals surface area contributed by atoms with Crippen LogP contribution in [0.15, 0.2) is 66.5 Å². The average Bonchev–Trinajstić information content (AvgIpc) is 3.20. The number of benzene rings is 2. The van der Waals surface area contributed by atoms with Crippen LogP contribution in [0, 0.1) is 5.92 Å². The minimum atomic E-state index is -0.384. The summed E-state index contributed by atoms with van der Waals surface area (Å²) >= 11 is 12.3. The van der Waals surface area contributed by atoms with Crippen LogP contribution >= 0.6 is 23.2 Å². The number of nitrogens with one attached hydrogen (secondary N) is 1. The Morgan fingerprint density at radius 2 is 1.89 bits per heavy atom. The van der Waals surface area contributed by atoms with Crippen LogP contribution in [0.2, 0.25) is 10.0 Å². The number of hydrogen-bond donors (Lipinski definition) is 1. The van der Waals surface area contributed by atoms with Gasteiger partial charge >= 0.3 is 6.09 Å². The summed E-state index contributed by atoms with van der Waals surface area (Å²) in [4.78, 5) is 18.8. The number of amides is 1. The highest BCUT2D eigenvalue weighted by atomic mass is 35.5. The molecule has 2 atom stereocenters. The fourth-order valence-corrected chi connectivity index (χ4v) is 5.31. The van der Waals surface area contributed by atoms with Crippen molar-refractivity contribution in [2.24, 2.45) is 5.92 Å². The van der Waals surface area contributed by atoms with Gasteiger partial charge in [0.2, 0.25) is 0 Å². The number of allylic oxidation sites excluding steroid dienone is 2. The zero-order chi connectivity index (χ0) is 23.9. The van der Waals surface area contributed by atoms with Crippen LogP contribution in [-0.2, 0) is 15.9 Å². The number of carbonyl (C=O) groups excluding carboxylic acids is 1. The first-order chi connectivity index (χ1) is 17.0. The molecule has 1 aromatic heterocycles.